The normalized spacial score (nSPS) is 16.1. The van der Waals surface area contributed by atoms with Crippen molar-refractivity contribution in [3.8, 4) is 33.4 Å². The maximum atomic E-state index is 5.44. The minimum Gasteiger partial charge on any atom is -0.252 e. The van der Waals surface area contributed by atoms with Crippen LogP contribution in [0.3, 0.4) is 0 Å². The molecule has 7 aromatic rings. The first-order chi connectivity index (χ1) is 23.3. The van der Waals surface area contributed by atoms with E-state index in [1.807, 2.05) is 0 Å². The molecule has 220 valence electrons. The summed E-state index contributed by atoms with van der Waals surface area (Å²) in [6.45, 7) is 0. The van der Waals surface area contributed by atoms with Crippen LogP contribution in [0.5, 0.6) is 0 Å². The molecule has 1 unspecified atom stereocenters. The SMILES string of the molecule is c1ccc(C2(c3ccccc3)c3ccccc3-c3ccc(-c4ccc5c(c4)N=C4c6ccccc6-c6ccccc6C4C5)cc32)cc1. The lowest BCUT2D eigenvalue weighted by atomic mass is 9.67. The highest BCUT2D eigenvalue weighted by atomic mass is 14.8. The van der Waals surface area contributed by atoms with E-state index in [1.165, 1.54) is 78.0 Å². The zero-order valence-electron chi connectivity index (χ0n) is 25.9. The molecule has 1 atom stereocenters. The fraction of sp³-hybridized carbons (Fsp3) is 0.0652. The lowest BCUT2D eigenvalue weighted by Crippen LogP contribution is -2.28. The van der Waals surface area contributed by atoms with Crippen LogP contribution in [0.15, 0.2) is 175 Å². The van der Waals surface area contributed by atoms with Crippen LogP contribution in [-0.4, -0.2) is 5.71 Å². The fourth-order valence-corrected chi connectivity index (χ4v) is 8.66. The standard InChI is InChI=1S/C46H31N/c1-3-13-33(14-4-1)46(34-15-5-2-6-16-34)42-22-12-11-20-38(42)39-26-25-30(28-43(39)46)31-23-24-32-27-41-37-19-8-7-17-35(37)36-18-9-10-21-40(36)45(41)47-44(32)29-31/h1-26,28-29,41H,27H2. The van der Waals surface area contributed by atoms with Crippen molar-refractivity contribution in [2.24, 2.45) is 4.99 Å². The number of hydrogen-bond acceptors (Lipinski definition) is 1. The molecule has 47 heavy (non-hydrogen) atoms. The summed E-state index contributed by atoms with van der Waals surface area (Å²) in [6, 6.07) is 62.7. The molecule has 1 heterocycles. The molecule has 2 aliphatic carbocycles. The van der Waals surface area contributed by atoms with Crippen molar-refractivity contribution < 1.29 is 0 Å². The molecule has 0 aromatic heterocycles. The molecule has 0 saturated carbocycles. The lowest BCUT2D eigenvalue weighted by molar-refractivity contribution is 0.769. The third kappa shape index (κ3) is 3.74. The fourth-order valence-electron chi connectivity index (χ4n) is 8.66. The molecular formula is C46H31N. The highest BCUT2D eigenvalue weighted by Crippen LogP contribution is 2.57. The van der Waals surface area contributed by atoms with Crippen LogP contribution in [0, 0.1) is 0 Å². The van der Waals surface area contributed by atoms with Crippen molar-refractivity contribution in [3.63, 3.8) is 0 Å². The molecule has 0 N–H and O–H groups in total. The highest BCUT2D eigenvalue weighted by molar-refractivity contribution is 6.15. The van der Waals surface area contributed by atoms with Gasteiger partial charge in [-0.25, -0.2) is 0 Å². The van der Waals surface area contributed by atoms with Crippen LogP contribution >= 0.6 is 0 Å². The van der Waals surface area contributed by atoms with Crippen molar-refractivity contribution in [2.75, 3.05) is 0 Å². The predicted octanol–water partition coefficient (Wildman–Crippen LogP) is 11.2. The largest absolute Gasteiger partial charge is 0.252 e. The molecular weight excluding hydrogens is 567 g/mol. The van der Waals surface area contributed by atoms with E-state index in [0.717, 1.165) is 12.1 Å². The number of hydrogen-bond donors (Lipinski definition) is 0. The Morgan fingerprint density at radius 3 is 1.79 bits per heavy atom. The second kappa shape index (κ2) is 10.1. The molecule has 1 nitrogen and oxygen atoms in total. The lowest BCUT2D eigenvalue weighted by Gasteiger charge is -2.34. The van der Waals surface area contributed by atoms with Gasteiger partial charge in [-0.3, -0.25) is 4.99 Å². The molecule has 0 amide bonds. The average molecular weight is 598 g/mol. The molecule has 3 aliphatic rings. The van der Waals surface area contributed by atoms with Gasteiger partial charge in [-0.1, -0.05) is 158 Å². The van der Waals surface area contributed by atoms with Crippen molar-refractivity contribution in [2.45, 2.75) is 17.8 Å². The van der Waals surface area contributed by atoms with Crippen molar-refractivity contribution in [3.05, 3.63) is 209 Å². The van der Waals surface area contributed by atoms with E-state index in [0.29, 0.717) is 0 Å². The highest BCUT2D eigenvalue weighted by Gasteiger charge is 2.46. The molecule has 0 fully saturated rings. The Morgan fingerprint density at radius 2 is 1.02 bits per heavy atom. The second-order valence-electron chi connectivity index (χ2n) is 13.0. The number of aliphatic imine (C=N–C) groups is 1. The van der Waals surface area contributed by atoms with Crippen LogP contribution in [0.1, 0.15) is 44.9 Å². The summed E-state index contributed by atoms with van der Waals surface area (Å²) < 4.78 is 0. The number of benzene rings is 7. The Labute approximate surface area is 275 Å². The van der Waals surface area contributed by atoms with Crippen molar-refractivity contribution in [1.29, 1.82) is 0 Å². The Kier molecular flexibility index (Phi) is 5.68. The van der Waals surface area contributed by atoms with Gasteiger partial charge in [0.2, 0.25) is 0 Å². The van der Waals surface area contributed by atoms with Crippen LogP contribution in [0.4, 0.5) is 5.69 Å². The zero-order valence-corrected chi connectivity index (χ0v) is 25.9. The third-order valence-electron chi connectivity index (χ3n) is 10.7. The summed E-state index contributed by atoms with van der Waals surface area (Å²) in [5.74, 6) is 0.273. The topological polar surface area (TPSA) is 12.4 Å². The molecule has 0 saturated heterocycles. The molecule has 1 aliphatic heterocycles. The second-order valence-corrected chi connectivity index (χ2v) is 13.0. The van der Waals surface area contributed by atoms with Crippen LogP contribution in [0.25, 0.3) is 33.4 Å². The Hall–Kier alpha value is -5.79. The van der Waals surface area contributed by atoms with Gasteiger partial charge in [-0.2, -0.15) is 0 Å². The van der Waals surface area contributed by atoms with Crippen LogP contribution in [-0.2, 0) is 11.8 Å². The number of rotatable bonds is 3. The summed E-state index contributed by atoms with van der Waals surface area (Å²) in [6.07, 6.45) is 0.963. The van der Waals surface area contributed by atoms with Crippen LogP contribution < -0.4 is 0 Å². The molecule has 0 spiro atoms. The quantitative estimate of drug-likeness (QED) is 0.192. The van der Waals surface area contributed by atoms with E-state index in [4.69, 9.17) is 4.99 Å². The van der Waals surface area contributed by atoms with Gasteiger partial charge in [0, 0.05) is 11.5 Å². The van der Waals surface area contributed by atoms with E-state index in [2.05, 4.69) is 170 Å². The summed E-state index contributed by atoms with van der Waals surface area (Å²) in [7, 11) is 0. The van der Waals surface area contributed by atoms with Crippen molar-refractivity contribution >= 4 is 11.4 Å². The predicted molar refractivity (Wildman–Crippen MR) is 194 cm³/mol. The first-order valence-corrected chi connectivity index (χ1v) is 16.6. The van der Waals surface area contributed by atoms with E-state index in [1.54, 1.807) is 0 Å². The summed E-state index contributed by atoms with van der Waals surface area (Å²) in [4.78, 5) is 5.44. The van der Waals surface area contributed by atoms with Gasteiger partial charge < -0.3 is 0 Å². The van der Waals surface area contributed by atoms with E-state index >= 15 is 0 Å². The number of fused-ring (bicyclic) bond motifs is 10. The first kappa shape index (κ1) is 26.4. The summed E-state index contributed by atoms with van der Waals surface area (Å²) in [5, 5.41) is 0. The smallest absolute Gasteiger partial charge is 0.0713 e. The molecule has 10 rings (SSSR count). The third-order valence-corrected chi connectivity index (χ3v) is 10.7. The Bertz CT molecular complexity index is 2340. The summed E-state index contributed by atoms with van der Waals surface area (Å²) >= 11 is 0. The Morgan fingerprint density at radius 1 is 0.447 bits per heavy atom. The maximum Gasteiger partial charge on any atom is 0.0713 e. The van der Waals surface area contributed by atoms with Gasteiger partial charge in [0.25, 0.3) is 0 Å². The maximum absolute atomic E-state index is 5.44. The minimum atomic E-state index is -0.411. The Balaban J connectivity index is 1.16. The molecule has 7 aromatic carbocycles. The van der Waals surface area contributed by atoms with Crippen LogP contribution in [0.2, 0.25) is 0 Å². The van der Waals surface area contributed by atoms with Gasteiger partial charge in [-0.15, -0.1) is 0 Å². The van der Waals surface area contributed by atoms with Crippen molar-refractivity contribution in [1.82, 2.24) is 0 Å². The minimum absolute atomic E-state index is 0.273. The van der Waals surface area contributed by atoms with Gasteiger partial charge in [0.15, 0.2) is 0 Å². The van der Waals surface area contributed by atoms with E-state index in [-0.39, 0.29) is 5.92 Å². The zero-order chi connectivity index (χ0) is 31.0. The molecule has 0 bridgehead atoms. The van der Waals surface area contributed by atoms with E-state index in [9.17, 15) is 0 Å². The van der Waals surface area contributed by atoms with Gasteiger partial charge in [0.05, 0.1) is 16.8 Å². The van der Waals surface area contributed by atoms with Gasteiger partial charge in [-0.05, 0) is 85.3 Å². The summed E-state index contributed by atoms with van der Waals surface area (Å²) in [5.41, 5.74) is 18.7. The average Bonchev–Trinajstić information content (AvgIpc) is 3.45. The monoisotopic (exact) mass is 597 g/mol. The number of nitrogens with zero attached hydrogens (tertiary/aromatic N) is 1. The molecule has 0 radical (unpaired) electrons. The molecule has 1 heteroatoms. The first-order valence-electron chi connectivity index (χ1n) is 16.6. The van der Waals surface area contributed by atoms with E-state index < -0.39 is 5.41 Å². The van der Waals surface area contributed by atoms with Gasteiger partial charge in [0.1, 0.15) is 0 Å². The van der Waals surface area contributed by atoms with Gasteiger partial charge >= 0.3 is 0 Å².